The summed E-state index contributed by atoms with van der Waals surface area (Å²) in [6.45, 7) is 28.8. The number of hydrogen-bond acceptors (Lipinski definition) is 0. The van der Waals surface area contributed by atoms with Gasteiger partial charge in [-0.15, -0.1) is 68.6 Å². The zero-order valence-corrected chi connectivity index (χ0v) is 40.2. The predicted octanol–water partition coefficient (Wildman–Crippen LogP) is 16.4. The topological polar surface area (TPSA) is 0 Å². The first-order chi connectivity index (χ1) is 25.9. The molecule has 0 aliphatic heterocycles. The molecule has 0 aromatic heterocycles. The number of hydrogen-bond donors (Lipinski definition) is 0. The first-order valence-electron chi connectivity index (χ1n) is 19.1. The summed E-state index contributed by atoms with van der Waals surface area (Å²) in [5.74, 6) is 0. The molecule has 0 saturated carbocycles. The molecule has 0 heterocycles. The molecular weight excluding hydrogens is 803 g/mol. The Balaban J connectivity index is 0.000000221. The van der Waals surface area contributed by atoms with Crippen LogP contribution < -0.4 is 0 Å². The number of benzene rings is 5. The molecule has 0 aliphatic carbocycles. The summed E-state index contributed by atoms with van der Waals surface area (Å²) in [4.78, 5) is 0. The molecule has 284 valence electrons. The minimum atomic E-state index is -0.826. The fourth-order valence-corrected chi connectivity index (χ4v) is 7.41. The first-order valence-corrected chi connectivity index (χ1v) is 27.5. The zero-order valence-electron chi connectivity index (χ0n) is 35.2. The van der Waals surface area contributed by atoms with Crippen LogP contribution in [0.15, 0.2) is 115 Å². The van der Waals surface area contributed by atoms with E-state index in [2.05, 4.69) is 205 Å². The average molecular weight is 861 g/mol. The van der Waals surface area contributed by atoms with Gasteiger partial charge in [0.25, 0.3) is 0 Å². The monoisotopic (exact) mass is 858 g/mol. The van der Waals surface area contributed by atoms with Gasteiger partial charge in [0.1, 0.15) is 0 Å². The quantitative estimate of drug-likeness (QED) is 0.123. The van der Waals surface area contributed by atoms with E-state index in [1.807, 2.05) is 0 Å². The molecule has 0 atom stereocenters. The third kappa shape index (κ3) is 11.3. The molecule has 4 heteroatoms. The predicted molar refractivity (Wildman–Crippen MR) is 246 cm³/mol. The van der Waals surface area contributed by atoms with Gasteiger partial charge < -0.3 is 0 Å². The van der Waals surface area contributed by atoms with E-state index in [9.17, 15) is 0 Å². The van der Waals surface area contributed by atoms with Crippen molar-refractivity contribution in [3.05, 3.63) is 154 Å². The summed E-state index contributed by atoms with van der Waals surface area (Å²) in [5.41, 5.74) is 17.8. The van der Waals surface area contributed by atoms with Crippen LogP contribution in [-0.2, 0) is 31.7 Å². The molecule has 0 bridgehead atoms. The molecule has 7 rings (SSSR count). The number of rotatable bonds is 3. The van der Waals surface area contributed by atoms with Crippen LogP contribution in [0, 0.1) is 34.6 Å². The van der Waals surface area contributed by atoms with E-state index < -0.39 is 20.8 Å². The Hall–Kier alpha value is -3.00. The van der Waals surface area contributed by atoms with Gasteiger partial charge in [-0.25, -0.2) is 0 Å². The second kappa shape index (κ2) is 19.4. The summed E-state index contributed by atoms with van der Waals surface area (Å²) in [6.07, 6.45) is 0. The number of aryl methyl sites for hydroxylation is 5. The third-order valence-electron chi connectivity index (χ3n) is 10.1. The Labute approximate surface area is 353 Å². The van der Waals surface area contributed by atoms with Crippen LogP contribution in [0.2, 0.25) is 13.1 Å². The van der Waals surface area contributed by atoms with Crippen LogP contribution in [0.5, 0.6) is 0 Å². The Kier molecular flexibility index (Phi) is 15.8. The van der Waals surface area contributed by atoms with Gasteiger partial charge >= 0.3 is 37.9 Å². The van der Waals surface area contributed by atoms with E-state index in [1.54, 1.807) is 0 Å². The Morgan fingerprint density at radius 3 is 1.49 bits per heavy atom. The molecule has 2 radical (unpaired) electrons. The van der Waals surface area contributed by atoms with Crippen molar-refractivity contribution in [2.75, 3.05) is 0 Å². The molecule has 55 heavy (non-hydrogen) atoms. The van der Waals surface area contributed by atoms with E-state index in [-0.39, 0.29) is 10.8 Å². The molecule has 0 nitrogen and oxygen atoms in total. The molecule has 0 amide bonds. The fraction of sp³-hybridized carbons (Fsp3) is 0.294. The van der Waals surface area contributed by atoms with E-state index in [1.165, 1.54) is 93.9 Å². The molecule has 0 fully saturated rings. The molecule has 0 spiro atoms. The van der Waals surface area contributed by atoms with Gasteiger partial charge in [0.2, 0.25) is 0 Å². The van der Waals surface area contributed by atoms with Gasteiger partial charge in [-0.3, -0.25) is 0 Å². The summed E-state index contributed by atoms with van der Waals surface area (Å²) < 4.78 is 0. The first kappa shape index (κ1) is 44.7. The van der Waals surface area contributed by atoms with Crippen LogP contribution in [-0.4, -0.2) is 9.52 Å². The van der Waals surface area contributed by atoms with Gasteiger partial charge in [0.05, 0.1) is 0 Å². The molecule has 0 saturated heterocycles. The van der Waals surface area contributed by atoms with Gasteiger partial charge in [-0.2, -0.15) is 6.07 Å². The van der Waals surface area contributed by atoms with Crippen molar-refractivity contribution in [2.24, 2.45) is 0 Å². The van der Waals surface area contributed by atoms with Crippen molar-refractivity contribution in [2.45, 2.75) is 100 Å². The SMILES string of the molecule is C[Si]C.Cc1cc(C)c(-c2cc3c(-c4ccc(C(C)(C)C)cc4)cccc3[cH-]2)c(C)c1.Cc1cc2c(-c3ccc(C(C)(C)C)cc3)ccc(C)c2[cH-]1.[Cl][Zr+2][Cl]. The van der Waals surface area contributed by atoms with Crippen molar-refractivity contribution < 1.29 is 20.8 Å². The number of fused-ring (bicyclic) bond motifs is 2. The van der Waals surface area contributed by atoms with Gasteiger partial charge in [-0.1, -0.05) is 181 Å². The van der Waals surface area contributed by atoms with E-state index in [0.29, 0.717) is 0 Å². The number of halogens is 2. The van der Waals surface area contributed by atoms with Crippen LogP contribution in [0.1, 0.15) is 80.5 Å². The normalized spacial score (nSPS) is 11.2. The van der Waals surface area contributed by atoms with Crippen LogP contribution in [0.25, 0.3) is 54.9 Å². The van der Waals surface area contributed by atoms with Crippen molar-refractivity contribution >= 4 is 48.1 Å². The van der Waals surface area contributed by atoms with Gasteiger partial charge in [-0.05, 0) is 53.9 Å². The van der Waals surface area contributed by atoms with Crippen molar-refractivity contribution in [3.8, 4) is 33.4 Å². The van der Waals surface area contributed by atoms with Crippen LogP contribution in [0.4, 0.5) is 0 Å². The maximum absolute atomic E-state index is 4.93. The van der Waals surface area contributed by atoms with Gasteiger partial charge in [0.15, 0.2) is 0 Å². The van der Waals surface area contributed by atoms with Gasteiger partial charge in [0, 0.05) is 9.52 Å². The minimum absolute atomic E-state index is 0.179. The van der Waals surface area contributed by atoms with E-state index in [0.717, 1.165) is 9.52 Å². The molecule has 7 aromatic rings. The second-order valence-corrected chi connectivity index (χ2v) is 21.6. The van der Waals surface area contributed by atoms with Crippen molar-refractivity contribution in [1.82, 2.24) is 0 Å². The van der Waals surface area contributed by atoms with E-state index >= 15 is 0 Å². The summed E-state index contributed by atoms with van der Waals surface area (Å²) >= 11 is -0.826. The zero-order chi connectivity index (χ0) is 40.7. The molecule has 0 unspecified atom stereocenters. The summed E-state index contributed by atoms with van der Waals surface area (Å²) in [6, 6.07) is 43.1. The Bertz CT molecular complexity index is 2280. The molecular formula is C51H58Cl2SiZr. The van der Waals surface area contributed by atoms with Crippen LogP contribution >= 0.6 is 17.0 Å². The summed E-state index contributed by atoms with van der Waals surface area (Å²) in [7, 11) is 11.0. The van der Waals surface area contributed by atoms with Crippen LogP contribution in [0.3, 0.4) is 0 Å². The second-order valence-electron chi connectivity index (χ2n) is 16.8. The molecule has 7 aromatic carbocycles. The van der Waals surface area contributed by atoms with E-state index in [4.69, 9.17) is 17.0 Å². The van der Waals surface area contributed by atoms with Crippen molar-refractivity contribution in [3.63, 3.8) is 0 Å². The standard InChI is InChI=1S/C28H29.C21H23.C2H6Si.2ClH.Zr/c1-18-14-19(2)27(20(3)15-18)23-16-22-8-7-9-25(26(22)17-23)21-10-12-24(13-11-21)28(4,5)6;1-14-12-19-15(2)6-11-18(20(19)13-14)16-7-9-17(10-8-16)21(3,4)5;1-3-2;;;/h7-17H,1-6H3;6-13H,1-5H3;1-2H3;2*1H;/q2*-1;;;;+4/p-2. The maximum atomic E-state index is 4.93. The average Bonchev–Trinajstić information content (AvgIpc) is 3.72. The Morgan fingerprint density at radius 1 is 0.545 bits per heavy atom. The third-order valence-corrected chi connectivity index (χ3v) is 10.1. The van der Waals surface area contributed by atoms with Crippen molar-refractivity contribution in [1.29, 1.82) is 0 Å². The fourth-order valence-electron chi connectivity index (χ4n) is 7.41. The summed E-state index contributed by atoms with van der Waals surface area (Å²) in [5, 5.41) is 5.40. The Morgan fingerprint density at radius 2 is 1.02 bits per heavy atom. The molecule has 0 N–H and O–H groups in total. The molecule has 0 aliphatic rings.